The van der Waals surface area contributed by atoms with E-state index in [1.807, 2.05) is 11.9 Å². The summed E-state index contributed by atoms with van der Waals surface area (Å²) in [4.78, 5) is 35.0. The van der Waals surface area contributed by atoms with Gasteiger partial charge in [0.05, 0.1) is 23.4 Å². The van der Waals surface area contributed by atoms with E-state index in [4.69, 9.17) is 0 Å². The molecule has 0 bridgehead atoms. The zero-order valence-electron chi connectivity index (χ0n) is 13.6. The van der Waals surface area contributed by atoms with Crippen LogP contribution in [-0.4, -0.2) is 38.4 Å². The van der Waals surface area contributed by atoms with Crippen LogP contribution in [0.15, 0.2) is 29.6 Å². The monoisotopic (exact) mass is 314 g/mol. The summed E-state index contributed by atoms with van der Waals surface area (Å²) in [7, 11) is 1.85. The van der Waals surface area contributed by atoms with Crippen molar-refractivity contribution < 1.29 is 4.79 Å². The molecular formula is C17H22N4O2. The predicted octanol–water partition coefficient (Wildman–Crippen LogP) is 1.83. The molecular weight excluding hydrogens is 292 g/mol. The summed E-state index contributed by atoms with van der Waals surface area (Å²) >= 11 is 0. The molecule has 0 aliphatic heterocycles. The molecule has 1 aliphatic rings. The molecule has 1 saturated carbocycles. The van der Waals surface area contributed by atoms with Crippen LogP contribution in [0.5, 0.6) is 0 Å². The van der Waals surface area contributed by atoms with E-state index in [0.29, 0.717) is 16.8 Å². The van der Waals surface area contributed by atoms with E-state index >= 15 is 0 Å². The van der Waals surface area contributed by atoms with Gasteiger partial charge in [0.25, 0.3) is 5.56 Å². The van der Waals surface area contributed by atoms with E-state index < -0.39 is 0 Å². The van der Waals surface area contributed by atoms with Gasteiger partial charge < -0.3 is 4.90 Å². The molecule has 2 aromatic heterocycles. The summed E-state index contributed by atoms with van der Waals surface area (Å²) in [6.07, 6.45) is 9.15. The Labute approximate surface area is 135 Å². The van der Waals surface area contributed by atoms with E-state index in [-0.39, 0.29) is 24.1 Å². The molecule has 23 heavy (non-hydrogen) atoms. The topological polar surface area (TPSA) is 68.1 Å². The summed E-state index contributed by atoms with van der Waals surface area (Å²) in [5.74, 6) is 0.469. The molecule has 0 unspecified atom stereocenters. The average molecular weight is 314 g/mol. The Morgan fingerprint density at radius 1 is 1.39 bits per heavy atom. The van der Waals surface area contributed by atoms with Crippen LogP contribution in [0.2, 0.25) is 0 Å². The van der Waals surface area contributed by atoms with Crippen LogP contribution in [0, 0.1) is 5.92 Å². The Balaban J connectivity index is 1.80. The van der Waals surface area contributed by atoms with Crippen LogP contribution in [0.25, 0.3) is 10.9 Å². The highest BCUT2D eigenvalue weighted by atomic mass is 16.2. The van der Waals surface area contributed by atoms with Crippen LogP contribution in [-0.2, 0) is 11.3 Å². The lowest BCUT2D eigenvalue weighted by molar-refractivity contribution is -0.134. The van der Waals surface area contributed by atoms with Gasteiger partial charge in [-0.25, -0.2) is 4.98 Å². The van der Waals surface area contributed by atoms with Crippen molar-refractivity contribution in [1.82, 2.24) is 19.4 Å². The standard InChI is InChI=1S/C17H22N4O2/c1-12-5-3-4-6-15(12)20(2)16(22)10-21-11-19-14-9-18-8-7-13(14)17(21)23/h7-9,11-12,15H,3-6,10H2,1-2H3/t12-,15-/m1/s1. The van der Waals surface area contributed by atoms with Crippen LogP contribution in [0.3, 0.4) is 0 Å². The van der Waals surface area contributed by atoms with Gasteiger partial charge in [-0.2, -0.15) is 0 Å². The summed E-state index contributed by atoms with van der Waals surface area (Å²) in [6.45, 7) is 2.23. The van der Waals surface area contributed by atoms with Crippen molar-refractivity contribution in [1.29, 1.82) is 0 Å². The van der Waals surface area contributed by atoms with Gasteiger partial charge in [0.2, 0.25) is 5.91 Å². The van der Waals surface area contributed by atoms with Gasteiger partial charge >= 0.3 is 0 Å². The number of carbonyl (C=O) groups excluding carboxylic acids is 1. The van der Waals surface area contributed by atoms with Gasteiger partial charge in [-0.05, 0) is 24.8 Å². The number of pyridine rings is 1. The quantitative estimate of drug-likeness (QED) is 0.867. The number of likely N-dealkylation sites (N-methyl/N-ethyl adjacent to an activating group) is 1. The summed E-state index contributed by atoms with van der Waals surface area (Å²) in [5.41, 5.74) is 0.353. The first-order chi connectivity index (χ1) is 11.1. The fourth-order valence-corrected chi connectivity index (χ4v) is 3.44. The van der Waals surface area contributed by atoms with Gasteiger partial charge in [-0.15, -0.1) is 0 Å². The van der Waals surface area contributed by atoms with Crippen molar-refractivity contribution in [2.24, 2.45) is 5.92 Å². The molecule has 3 rings (SSSR count). The van der Waals surface area contributed by atoms with Crippen molar-refractivity contribution in [3.8, 4) is 0 Å². The highest BCUT2D eigenvalue weighted by Gasteiger charge is 2.28. The predicted molar refractivity (Wildman–Crippen MR) is 88.0 cm³/mol. The summed E-state index contributed by atoms with van der Waals surface area (Å²) in [6, 6.07) is 1.91. The largest absolute Gasteiger partial charge is 0.341 e. The number of hydrogen-bond donors (Lipinski definition) is 0. The highest BCUT2D eigenvalue weighted by Crippen LogP contribution is 2.27. The molecule has 1 fully saturated rings. The molecule has 6 heteroatoms. The Morgan fingerprint density at radius 3 is 2.96 bits per heavy atom. The summed E-state index contributed by atoms with van der Waals surface area (Å²) < 4.78 is 1.38. The molecule has 0 aromatic carbocycles. The maximum Gasteiger partial charge on any atom is 0.261 e. The number of aromatic nitrogens is 3. The molecule has 1 aliphatic carbocycles. The second-order valence-corrected chi connectivity index (χ2v) is 6.40. The van der Waals surface area contributed by atoms with Crippen LogP contribution < -0.4 is 5.56 Å². The second kappa shape index (κ2) is 6.48. The molecule has 0 radical (unpaired) electrons. The van der Waals surface area contributed by atoms with Gasteiger partial charge in [-0.1, -0.05) is 19.8 Å². The van der Waals surface area contributed by atoms with Gasteiger partial charge in [-0.3, -0.25) is 19.1 Å². The smallest absolute Gasteiger partial charge is 0.261 e. The number of amides is 1. The van der Waals surface area contributed by atoms with Gasteiger partial charge in [0, 0.05) is 19.3 Å². The lowest BCUT2D eigenvalue weighted by Gasteiger charge is -2.36. The highest BCUT2D eigenvalue weighted by molar-refractivity contribution is 5.78. The Hall–Kier alpha value is -2.24. The molecule has 1 amide bonds. The fraction of sp³-hybridized carbons (Fsp3) is 0.529. The third kappa shape index (κ3) is 3.11. The van der Waals surface area contributed by atoms with E-state index in [2.05, 4.69) is 16.9 Å². The first-order valence-electron chi connectivity index (χ1n) is 8.12. The lowest BCUT2D eigenvalue weighted by atomic mass is 9.85. The second-order valence-electron chi connectivity index (χ2n) is 6.40. The molecule has 2 atom stereocenters. The van der Waals surface area contributed by atoms with Crippen molar-refractivity contribution in [2.45, 2.75) is 45.2 Å². The average Bonchev–Trinajstić information content (AvgIpc) is 2.57. The first-order valence-corrected chi connectivity index (χ1v) is 8.12. The number of nitrogens with zero attached hydrogens (tertiary/aromatic N) is 4. The molecule has 2 heterocycles. The normalized spacial score (nSPS) is 21.3. The lowest BCUT2D eigenvalue weighted by Crippen LogP contribution is -2.44. The van der Waals surface area contributed by atoms with Crippen molar-refractivity contribution >= 4 is 16.8 Å². The van der Waals surface area contributed by atoms with E-state index in [1.54, 1.807) is 18.5 Å². The number of fused-ring (bicyclic) bond motifs is 1. The SMILES string of the molecule is C[C@@H]1CCCC[C@H]1N(C)C(=O)Cn1cnc2cnccc2c1=O. The van der Waals surface area contributed by atoms with Gasteiger partial charge in [0.1, 0.15) is 6.54 Å². The van der Waals surface area contributed by atoms with E-state index in [9.17, 15) is 9.59 Å². The zero-order chi connectivity index (χ0) is 16.4. The number of rotatable bonds is 3. The summed E-state index contributed by atoms with van der Waals surface area (Å²) in [5, 5.41) is 0.490. The molecule has 0 spiro atoms. The van der Waals surface area contributed by atoms with E-state index in [0.717, 1.165) is 19.3 Å². The van der Waals surface area contributed by atoms with Crippen LogP contribution in [0.1, 0.15) is 32.6 Å². The minimum atomic E-state index is -0.198. The molecule has 0 saturated heterocycles. The Bertz CT molecular complexity index is 771. The van der Waals surface area contributed by atoms with Gasteiger partial charge in [0.15, 0.2) is 0 Å². The van der Waals surface area contributed by atoms with Crippen molar-refractivity contribution in [3.63, 3.8) is 0 Å². The zero-order valence-corrected chi connectivity index (χ0v) is 13.6. The molecule has 0 N–H and O–H groups in total. The number of carbonyl (C=O) groups is 1. The van der Waals surface area contributed by atoms with E-state index in [1.165, 1.54) is 17.3 Å². The molecule has 6 nitrogen and oxygen atoms in total. The Kier molecular flexibility index (Phi) is 4.41. The van der Waals surface area contributed by atoms with Crippen LogP contribution in [0.4, 0.5) is 0 Å². The molecule has 122 valence electrons. The third-order valence-electron chi connectivity index (χ3n) is 4.89. The minimum Gasteiger partial charge on any atom is -0.341 e. The molecule has 2 aromatic rings. The Morgan fingerprint density at radius 2 is 2.17 bits per heavy atom. The van der Waals surface area contributed by atoms with Crippen molar-refractivity contribution in [3.05, 3.63) is 35.1 Å². The first kappa shape index (κ1) is 15.6. The number of hydrogen-bond acceptors (Lipinski definition) is 4. The maximum atomic E-state index is 12.6. The fourth-order valence-electron chi connectivity index (χ4n) is 3.44. The third-order valence-corrected chi connectivity index (χ3v) is 4.89. The minimum absolute atomic E-state index is 0.0316. The maximum absolute atomic E-state index is 12.6. The van der Waals surface area contributed by atoms with Crippen LogP contribution >= 0.6 is 0 Å². The van der Waals surface area contributed by atoms with Crippen molar-refractivity contribution in [2.75, 3.05) is 7.05 Å².